The van der Waals surface area contributed by atoms with E-state index in [-0.39, 0.29) is 11.9 Å². The number of amides is 1. The highest BCUT2D eigenvalue weighted by Gasteiger charge is 2.35. The van der Waals surface area contributed by atoms with Gasteiger partial charge in [-0.25, -0.2) is 0 Å². The quantitative estimate of drug-likeness (QED) is 0.716. The van der Waals surface area contributed by atoms with E-state index in [1.165, 1.54) is 0 Å². The second kappa shape index (κ2) is 3.28. The summed E-state index contributed by atoms with van der Waals surface area (Å²) in [6.45, 7) is 0.578. The van der Waals surface area contributed by atoms with E-state index in [0.29, 0.717) is 6.54 Å². The van der Waals surface area contributed by atoms with Gasteiger partial charge in [-0.2, -0.15) is 0 Å². The fourth-order valence-corrected chi connectivity index (χ4v) is 1.98. The van der Waals surface area contributed by atoms with Gasteiger partial charge in [-0.15, -0.1) is 0 Å². The molecule has 1 unspecified atom stereocenters. The van der Waals surface area contributed by atoms with Crippen LogP contribution >= 0.6 is 0 Å². The van der Waals surface area contributed by atoms with Crippen molar-refractivity contribution in [1.82, 2.24) is 4.98 Å². The lowest BCUT2D eigenvalue weighted by Crippen LogP contribution is -2.61. The highest BCUT2D eigenvalue weighted by molar-refractivity contribution is 6.08. The summed E-state index contributed by atoms with van der Waals surface area (Å²) < 4.78 is 0. The highest BCUT2D eigenvalue weighted by atomic mass is 16.2. The van der Waals surface area contributed by atoms with Crippen molar-refractivity contribution in [3.8, 4) is 0 Å². The van der Waals surface area contributed by atoms with E-state index in [0.717, 1.165) is 16.6 Å². The summed E-state index contributed by atoms with van der Waals surface area (Å²) in [5.74, 6) is -0.0295. The Bertz CT molecular complexity index is 562. The number of carbonyl (C=O) groups excluding carboxylic acids is 1. The number of hydrogen-bond acceptors (Lipinski definition) is 3. The topological polar surface area (TPSA) is 59.2 Å². The summed E-state index contributed by atoms with van der Waals surface area (Å²) in [6, 6.07) is 9.33. The average Bonchev–Trinajstić information content (AvgIpc) is 2.35. The third kappa shape index (κ3) is 1.20. The monoisotopic (exact) mass is 213 g/mol. The Labute approximate surface area is 92.7 Å². The van der Waals surface area contributed by atoms with Crippen molar-refractivity contribution in [2.24, 2.45) is 5.73 Å². The molecule has 0 saturated carbocycles. The van der Waals surface area contributed by atoms with Gasteiger partial charge in [0.15, 0.2) is 0 Å². The van der Waals surface area contributed by atoms with Gasteiger partial charge >= 0.3 is 0 Å². The molecule has 1 aliphatic rings. The molecular formula is C12H11N3O. The van der Waals surface area contributed by atoms with E-state index >= 15 is 0 Å². The summed E-state index contributed by atoms with van der Waals surface area (Å²) in [6.07, 6.45) is 1.73. The molecule has 0 radical (unpaired) electrons. The summed E-state index contributed by atoms with van der Waals surface area (Å²) in [5, 5.41) is 1.04. The van der Waals surface area contributed by atoms with Gasteiger partial charge < -0.3 is 10.6 Å². The molecule has 0 spiro atoms. The van der Waals surface area contributed by atoms with Gasteiger partial charge in [-0.05, 0) is 12.1 Å². The number of nitrogens with two attached hydrogens (primary N) is 1. The third-order valence-corrected chi connectivity index (χ3v) is 2.86. The van der Waals surface area contributed by atoms with E-state index in [2.05, 4.69) is 4.98 Å². The first kappa shape index (κ1) is 9.30. The Hall–Kier alpha value is -1.94. The Kier molecular flexibility index (Phi) is 1.91. The van der Waals surface area contributed by atoms with Crippen molar-refractivity contribution in [1.29, 1.82) is 0 Å². The van der Waals surface area contributed by atoms with Gasteiger partial charge in [0, 0.05) is 11.6 Å². The zero-order valence-corrected chi connectivity index (χ0v) is 8.63. The summed E-state index contributed by atoms with van der Waals surface area (Å²) in [4.78, 5) is 17.6. The van der Waals surface area contributed by atoms with E-state index in [1.807, 2.05) is 30.3 Å². The van der Waals surface area contributed by atoms with Crippen LogP contribution in [0.2, 0.25) is 0 Å². The zero-order chi connectivity index (χ0) is 11.1. The number of aromatic nitrogens is 1. The van der Waals surface area contributed by atoms with Gasteiger partial charge in [0.2, 0.25) is 5.91 Å². The fourth-order valence-electron chi connectivity index (χ4n) is 1.98. The maximum Gasteiger partial charge on any atom is 0.245 e. The van der Waals surface area contributed by atoms with Crippen LogP contribution in [0.3, 0.4) is 0 Å². The first-order valence-corrected chi connectivity index (χ1v) is 5.18. The molecule has 80 valence electrons. The van der Waals surface area contributed by atoms with Crippen LogP contribution in [0.25, 0.3) is 10.9 Å². The number of para-hydroxylation sites is 1. The number of carbonyl (C=O) groups is 1. The molecule has 2 heterocycles. The molecule has 2 N–H and O–H groups in total. The molecule has 1 atom stereocenters. The molecule has 1 fully saturated rings. The first-order chi connectivity index (χ1) is 7.77. The van der Waals surface area contributed by atoms with E-state index in [9.17, 15) is 4.79 Å². The van der Waals surface area contributed by atoms with E-state index in [1.54, 1.807) is 11.1 Å². The molecule has 1 amide bonds. The number of benzene rings is 1. The minimum absolute atomic E-state index is 0.0295. The smallest absolute Gasteiger partial charge is 0.245 e. The van der Waals surface area contributed by atoms with Gasteiger partial charge in [0.05, 0.1) is 17.7 Å². The Morgan fingerprint density at radius 1 is 1.31 bits per heavy atom. The predicted octanol–water partition coefficient (Wildman–Crippen LogP) is 0.909. The maximum absolute atomic E-state index is 11.6. The predicted molar refractivity (Wildman–Crippen MR) is 62.1 cm³/mol. The second-order valence-electron chi connectivity index (χ2n) is 3.91. The van der Waals surface area contributed by atoms with Crippen LogP contribution in [0.15, 0.2) is 36.5 Å². The van der Waals surface area contributed by atoms with Crippen molar-refractivity contribution in [2.75, 3.05) is 11.4 Å². The molecule has 4 heteroatoms. The third-order valence-electron chi connectivity index (χ3n) is 2.86. The van der Waals surface area contributed by atoms with Crippen LogP contribution in [0.1, 0.15) is 0 Å². The Morgan fingerprint density at radius 2 is 2.12 bits per heavy atom. The van der Waals surface area contributed by atoms with Crippen LogP contribution in [0.4, 0.5) is 5.69 Å². The van der Waals surface area contributed by atoms with Crippen LogP contribution in [-0.4, -0.2) is 23.5 Å². The van der Waals surface area contributed by atoms with Crippen LogP contribution in [0, 0.1) is 0 Å². The van der Waals surface area contributed by atoms with Crippen molar-refractivity contribution >= 4 is 22.5 Å². The molecule has 4 nitrogen and oxygen atoms in total. The lowest BCUT2D eigenvalue weighted by Gasteiger charge is -2.36. The molecule has 1 aliphatic heterocycles. The standard InChI is InChI=1S/C12H11N3O/c13-9-7-15(12(9)16)10-5-1-3-8-4-2-6-14-11(8)10/h1-6,9H,7,13H2. The van der Waals surface area contributed by atoms with Gasteiger partial charge in [0.25, 0.3) is 0 Å². The van der Waals surface area contributed by atoms with Crippen molar-refractivity contribution in [3.63, 3.8) is 0 Å². The molecule has 16 heavy (non-hydrogen) atoms. The highest BCUT2D eigenvalue weighted by Crippen LogP contribution is 2.28. The minimum atomic E-state index is -0.348. The summed E-state index contributed by atoms with van der Waals surface area (Å²) >= 11 is 0. The molecule has 1 aromatic carbocycles. The largest absolute Gasteiger partial charge is 0.318 e. The van der Waals surface area contributed by atoms with E-state index < -0.39 is 0 Å². The van der Waals surface area contributed by atoms with Gasteiger partial charge in [-0.3, -0.25) is 9.78 Å². The van der Waals surface area contributed by atoms with Crippen LogP contribution in [-0.2, 0) is 4.79 Å². The fraction of sp³-hybridized carbons (Fsp3) is 0.167. The lowest BCUT2D eigenvalue weighted by molar-refractivity contribution is -0.123. The number of pyridine rings is 1. The SMILES string of the molecule is NC1CN(c2cccc3cccnc23)C1=O. The normalized spacial score (nSPS) is 19.9. The van der Waals surface area contributed by atoms with Crippen LogP contribution < -0.4 is 10.6 Å². The van der Waals surface area contributed by atoms with Crippen molar-refractivity contribution < 1.29 is 4.79 Å². The summed E-state index contributed by atoms with van der Waals surface area (Å²) in [7, 11) is 0. The van der Waals surface area contributed by atoms with Gasteiger partial charge in [0.1, 0.15) is 6.04 Å². The molecule has 2 aromatic rings. The Morgan fingerprint density at radius 3 is 2.88 bits per heavy atom. The maximum atomic E-state index is 11.6. The molecule has 0 aliphatic carbocycles. The van der Waals surface area contributed by atoms with Crippen molar-refractivity contribution in [3.05, 3.63) is 36.5 Å². The second-order valence-corrected chi connectivity index (χ2v) is 3.91. The number of nitrogens with zero attached hydrogens (tertiary/aromatic N) is 2. The number of rotatable bonds is 1. The minimum Gasteiger partial charge on any atom is -0.318 e. The molecule has 1 aromatic heterocycles. The number of β-lactam (4-membered cyclic amide) rings is 1. The zero-order valence-electron chi connectivity index (χ0n) is 8.63. The molecule has 1 saturated heterocycles. The van der Waals surface area contributed by atoms with Gasteiger partial charge in [-0.1, -0.05) is 18.2 Å². The van der Waals surface area contributed by atoms with Crippen molar-refractivity contribution in [2.45, 2.75) is 6.04 Å². The summed E-state index contributed by atoms with van der Waals surface area (Å²) in [5.41, 5.74) is 7.29. The van der Waals surface area contributed by atoms with Crippen LogP contribution in [0.5, 0.6) is 0 Å². The van der Waals surface area contributed by atoms with E-state index in [4.69, 9.17) is 5.73 Å². The molecule has 3 rings (SSSR count). The molecular weight excluding hydrogens is 202 g/mol. The first-order valence-electron chi connectivity index (χ1n) is 5.18. The number of fused-ring (bicyclic) bond motifs is 1. The lowest BCUT2D eigenvalue weighted by atomic mass is 10.1. The number of anilines is 1. The molecule has 0 bridgehead atoms. The Balaban J connectivity index is 2.14. The number of hydrogen-bond donors (Lipinski definition) is 1. The average molecular weight is 213 g/mol.